The number of hydrogen-bond donors (Lipinski definition) is 2. The molecule has 2 amide bonds. The van der Waals surface area contributed by atoms with Crippen molar-refractivity contribution in [1.82, 2.24) is 0 Å². The van der Waals surface area contributed by atoms with Gasteiger partial charge in [-0.2, -0.15) is 0 Å². The summed E-state index contributed by atoms with van der Waals surface area (Å²) in [5.74, 6) is -0.889. The molecule has 0 bridgehead atoms. The average Bonchev–Trinajstić information content (AvgIpc) is 2.17. The van der Waals surface area contributed by atoms with E-state index in [4.69, 9.17) is 5.73 Å². The number of nitrogens with one attached hydrogen (secondary N) is 1. The third-order valence-electron chi connectivity index (χ3n) is 1.69. The van der Waals surface area contributed by atoms with Crippen LogP contribution in [0.15, 0.2) is 18.2 Å². The zero-order valence-corrected chi connectivity index (χ0v) is 7.47. The van der Waals surface area contributed by atoms with Gasteiger partial charge in [-0.1, -0.05) is 0 Å². The van der Waals surface area contributed by atoms with Crippen LogP contribution >= 0.6 is 0 Å². The Labute approximate surface area is 84.0 Å². The van der Waals surface area contributed by atoms with E-state index >= 15 is 0 Å². The van der Waals surface area contributed by atoms with Crippen LogP contribution in [0.5, 0.6) is 0 Å². The Morgan fingerprint density at radius 3 is 2.67 bits per heavy atom. The molecule has 0 aliphatic carbocycles. The Kier molecular flexibility index (Phi) is 2.97. The van der Waals surface area contributed by atoms with Gasteiger partial charge in [-0.25, -0.2) is 0 Å². The normalized spacial score (nSPS) is 9.33. The third-order valence-corrected chi connectivity index (χ3v) is 1.69. The minimum atomic E-state index is -0.889. The zero-order valence-electron chi connectivity index (χ0n) is 7.47. The molecule has 0 heterocycles. The van der Waals surface area contributed by atoms with Gasteiger partial charge in [0.25, 0.3) is 11.6 Å². The maximum atomic E-state index is 10.8. The number of nitro groups is 1. The summed E-state index contributed by atoms with van der Waals surface area (Å²) in [6.45, 7) is 0. The molecule has 0 spiro atoms. The SMILES string of the molecule is NC(=O)c1ccc(NC=O)cc1[N+](=O)[O-]. The summed E-state index contributed by atoms with van der Waals surface area (Å²) in [5, 5.41) is 12.8. The molecule has 0 unspecified atom stereocenters. The van der Waals surface area contributed by atoms with Gasteiger partial charge in [-0.15, -0.1) is 0 Å². The summed E-state index contributed by atoms with van der Waals surface area (Å²) in [6, 6.07) is 3.60. The molecule has 0 aliphatic rings. The van der Waals surface area contributed by atoms with E-state index < -0.39 is 16.5 Å². The van der Waals surface area contributed by atoms with Gasteiger partial charge in [0.1, 0.15) is 5.56 Å². The molecule has 0 saturated carbocycles. The number of rotatable bonds is 4. The van der Waals surface area contributed by atoms with Gasteiger partial charge in [-0.3, -0.25) is 19.7 Å². The lowest BCUT2D eigenvalue weighted by Gasteiger charge is -2.01. The first-order chi connectivity index (χ1) is 7.06. The molecular weight excluding hydrogens is 202 g/mol. The number of benzene rings is 1. The molecule has 7 nitrogen and oxygen atoms in total. The van der Waals surface area contributed by atoms with Gasteiger partial charge in [0.2, 0.25) is 6.41 Å². The average molecular weight is 209 g/mol. The van der Waals surface area contributed by atoms with Gasteiger partial charge in [0.15, 0.2) is 0 Å². The van der Waals surface area contributed by atoms with Gasteiger partial charge in [0, 0.05) is 11.8 Å². The number of amides is 2. The predicted molar refractivity (Wildman–Crippen MR) is 51.3 cm³/mol. The maximum Gasteiger partial charge on any atom is 0.284 e. The highest BCUT2D eigenvalue weighted by atomic mass is 16.6. The molecule has 78 valence electrons. The first kappa shape index (κ1) is 10.6. The van der Waals surface area contributed by atoms with E-state index in [0.717, 1.165) is 6.07 Å². The standard InChI is InChI=1S/C8H7N3O4/c9-8(13)6-2-1-5(10-4-12)3-7(6)11(14)15/h1-4H,(H2,9,13)(H,10,12). The quantitative estimate of drug-likeness (QED) is 0.420. The van der Waals surface area contributed by atoms with Crippen LogP contribution in [0.3, 0.4) is 0 Å². The smallest absolute Gasteiger partial charge is 0.284 e. The minimum absolute atomic E-state index is 0.198. The number of hydrogen-bond acceptors (Lipinski definition) is 4. The van der Waals surface area contributed by atoms with Crippen molar-refractivity contribution >= 4 is 23.7 Å². The molecule has 1 aromatic carbocycles. The van der Waals surface area contributed by atoms with Crippen LogP contribution < -0.4 is 11.1 Å². The second kappa shape index (κ2) is 4.18. The summed E-state index contributed by atoms with van der Waals surface area (Å²) in [5.41, 5.74) is 4.53. The van der Waals surface area contributed by atoms with E-state index in [-0.39, 0.29) is 11.3 Å². The number of nitro benzene ring substituents is 1. The number of nitrogens with zero attached hydrogens (tertiary/aromatic N) is 1. The van der Waals surface area contributed by atoms with Crippen molar-refractivity contribution < 1.29 is 14.5 Å². The van der Waals surface area contributed by atoms with Crippen LogP contribution in [0.25, 0.3) is 0 Å². The van der Waals surface area contributed by atoms with Crippen molar-refractivity contribution in [2.75, 3.05) is 5.32 Å². The van der Waals surface area contributed by atoms with Crippen LogP contribution in [0, 0.1) is 10.1 Å². The summed E-state index contributed by atoms with van der Waals surface area (Å²) < 4.78 is 0. The molecule has 0 aromatic heterocycles. The fourth-order valence-corrected chi connectivity index (χ4v) is 1.05. The number of anilines is 1. The molecule has 0 saturated heterocycles. The Morgan fingerprint density at radius 1 is 1.53 bits per heavy atom. The first-order valence-corrected chi connectivity index (χ1v) is 3.84. The highest BCUT2D eigenvalue weighted by molar-refractivity contribution is 5.97. The molecule has 0 atom stereocenters. The molecular formula is C8H7N3O4. The first-order valence-electron chi connectivity index (χ1n) is 3.84. The van der Waals surface area contributed by atoms with Crippen molar-refractivity contribution in [3.05, 3.63) is 33.9 Å². The summed E-state index contributed by atoms with van der Waals surface area (Å²) in [7, 11) is 0. The molecule has 1 rings (SSSR count). The highest BCUT2D eigenvalue weighted by Gasteiger charge is 2.18. The Bertz CT molecular complexity index is 430. The van der Waals surface area contributed by atoms with E-state index in [1.807, 2.05) is 0 Å². The lowest BCUT2D eigenvalue weighted by atomic mass is 10.1. The van der Waals surface area contributed by atoms with Crippen molar-refractivity contribution in [3.63, 3.8) is 0 Å². The van der Waals surface area contributed by atoms with Crippen molar-refractivity contribution in [2.24, 2.45) is 5.73 Å². The van der Waals surface area contributed by atoms with Crippen molar-refractivity contribution in [2.45, 2.75) is 0 Å². The summed E-state index contributed by atoms with van der Waals surface area (Å²) >= 11 is 0. The maximum absolute atomic E-state index is 10.8. The second-order valence-electron chi connectivity index (χ2n) is 2.62. The number of carbonyl (C=O) groups excluding carboxylic acids is 2. The fourth-order valence-electron chi connectivity index (χ4n) is 1.05. The molecule has 3 N–H and O–H groups in total. The molecule has 7 heteroatoms. The molecule has 15 heavy (non-hydrogen) atoms. The van der Waals surface area contributed by atoms with E-state index in [2.05, 4.69) is 5.32 Å². The van der Waals surface area contributed by atoms with Gasteiger partial charge >= 0.3 is 0 Å². The summed E-state index contributed by atoms with van der Waals surface area (Å²) in [4.78, 5) is 30.7. The molecule has 0 fully saturated rings. The van der Waals surface area contributed by atoms with Crippen LogP contribution in [0.2, 0.25) is 0 Å². The van der Waals surface area contributed by atoms with Crippen molar-refractivity contribution in [1.29, 1.82) is 0 Å². The van der Waals surface area contributed by atoms with Gasteiger partial charge in [-0.05, 0) is 12.1 Å². The molecule has 1 aromatic rings. The summed E-state index contributed by atoms with van der Waals surface area (Å²) in [6.07, 6.45) is 0.378. The molecule has 0 aliphatic heterocycles. The monoisotopic (exact) mass is 209 g/mol. The topological polar surface area (TPSA) is 115 Å². The van der Waals surface area contributed by atoms with Crippen molar-refractivity contribution in [3.8, 4) is 0 Å². The predicted octanol–water partition coefficient (Wildman–Crippen LogP) is 0.262. The van der Waals surface area contributed by atoms with E-state index in [9.17, 15) is 19.7 Å². The van der Waals surface area contributed by atoms with Crippen LogP contribution in [0.4, 0.5) is 11.4 Å². The Morgan fingerprint density at radius 2 is 2.20 bits per heavy atom. The van der Waals surface area contributed by atoms with Gasteiger partial charge < -0.3 is 11.1 Å². The largest absolute Gasteiger partial charge is 0.365 e. The number of nitrogens with two attached hydrogens (primary N) is 1. The highest BCUT2D eigenvalue weighted by Crippen LogP contribution is 2.22. The number of carbonyl (C=O) groups is 2. The minimum Gasteiger partial charge on any atom is -0.365 e. The van der Waals surface area contributed by atoms with Crippen LogP contribution in [0.1, 0.15) is 10.4 Å². The van der Waals surface area contributed by atoms with E-state index in [1.54, 1.807) is 0 Å². The lowest BCUT2D eigenvalue weighted by Crippen LogP contribution is -2.13. The second-order valence-corrected chi connectivity index (χ2v) is 2.62. The Hall–Kier alpha value is -2.44. The Balaban J connectivity index is 3.26. The van der Waals surface area contributed by atoms with Crippen LogP contribution in [-0.4, -0.2) is 17.2 Å². The van der Waals surface area contributed by atoms with Crippen LogP contribution in [-0.2, 0) is 4.79 Å². The van der Waals surface area contributed by atoms with E-state index in [0.29, 0.717) is 6.41 Å². The molecule has 0 radical (unpaired) electrons. The fraction of sp³-hybridized carbons (Fsp3) is 0. The lowest BCUT2D eigenvalue weighted by molar-refractivity contribution is -0.385. The third kappa shape index (κ3) is 2.27. The zero-order chi connectivity index (χ0) is 11.4. The van der Waals surface area contributed by atoms with Gasteiger partial charge in [0.05, 0.1) is 4.92 Å². The van der Waals surface area contributed by atoms with E-state index in [1.165, 1.54) is 12.1 Å². The number of primary amides is 1.